The minimum absolute atomic E-state index is 0.204. The standard InChI is InChI=1S/C35H36N2O5/c38-25-19-31(33(40)23-11-3-1-4-12-23)36(21-25)29-17-9-7-15-27(29)35(42)28-16-8-10-18-30(28)37-22-26(39)20-32(37)34(41)24-13-5-2-6-14-24/h1-18,25-26,31-34,38-41H,19-22H2/t25-,26-,31-,32-,33+,34+/m1/s1. The van der Waals surface area contributed by atoms with Gasteiger partial charge in [0.05, 0.1) is 36.5 Å². The van der Waals surface area contributed by atoms with Gasteiger partial charge in [-0.25, -0.2) is 0 Å². The van der Waals surface area contributed by atoms with Crippen LogP contribution in [0.3, 0.4) is 0 Å². The van der Waals surface area contributed by atoms with Crippen LogP contribution >= 0.6 is 0 Å². The molecule has 7 nitrogen and oxygen atoms in total. The number of aliphatic hydroxyl groups is 4. The number of aliphatic hydroxyl groups excluding tert-OH is 4. The van der Waals surface area contributed by atoms with E-state index >= 15 is 0 Å². The fourth-order valence-electron chi connectivity index (χ4n) is 6.56. The molecule has 0 amide bonds. The number of rotatable bonds is 8. The van der Waals surface area contributed by atoms with E-state index in [-0.39, 0.29) is 5.78 Å². The summed E-state index contributed by atoms with van der Waals surface area (Å²) in [7, 11) is 0. The van der Waals surface area contributed by atoms with Crippen molar-refractivity contribution in [3.05, 3.63) is 131 Å². The highest BCUT2D eigenvalue weighted by atomic mass is 16.3. The smallest absolute Gasteiger partial charge is 0.197 e. The summed E-state index contributed by atoms with van der Waals surface area (Å²) in [5.74, 6) is -0.204. The monoisotopic (exact) mass is 564 g/mol. The van der Waals surface area contributed by atoms with E-state index in [4.69, 9.17) is 0 Å². The molecule has 0 bridgehead atoms. The van der Waals surface area contributed by atoms with E-state index in [1.54, 1.807) is 12.1 Å². The summed E-state index contributed by atoms with van der Waals surface area (Å²) in [6.45, 7) is 0.592. The van der Waals surface area contributed by atoms with Crippen LogP contribution < -0.4 is 9.80 Å². The van der Waals surface area contributed by atoms with Gasteiger partial charge < -0.3 is 30.2 Å². The van der Waals surface area contributed by atoms with Crippen molar-refractivity contribution in [2.24, 2.45) is 0 Å². The first-order valence-corrected chi connectivity index (χ1v) is 14.5. The molecule has 6 rings (SSSR count). The van der Waals surface area contributed by atoms with Crippen LogP contribution in [-0.4, -0.2) is 63.6 Å². The lowest BCUT2D eigenvalue weighted by molar-refractivity contribution is 0.103. The topological polar surface area (TPSA) is 104 Å². The first kappa shape index (κ1) is 28.1. The van der Waals surface area contributed by atoms with Crippen LogP contribution in [0.15, 0.2) is 109 Å². The minimum Gasteiger partial charge on any atom is -0.391 e. The molecule has 4 aromatic carbocycles. The second-order valence-electron chi connectivity index (χ2n) is 11.3. The van der Waals surface area contributed by atoms with Gasteiger partial charge in [-0.2, -0.15) is 0 Å². The average molecular weight is 565 g/mol. The Hall–Kier alpha value is -4.01. The average Bonchev–Trinajstić information content (AvgIpc) is 3.63. The van der Waals surface area contributed by atoms with Gasteiger partial charge in [-0.3, -0.25) is 4.79 Å². The number of benzene rings is 4. The van der Waals surface area contributed by atoms with E-state index in [2.05, 4.69) is 0 Å². The van der Waals surface area contributed by atoms with Crippen LogP contribution in [0.4, 0.5) is 11.4 Å². The molecule has 2 fully saturated rings. The Bertz CT molecular complexity index is 1400. The minimum atomic E-state index is -0.842. The zero-order chi connectivity index (χ0) is 29.2. The fourth-order valence-corrected chi connectivity index (χ4v) is 6.56. The van der Waals surface area contributed by atoms with Crippen molar-refractivity contribution in [1.29, 1.82) is 0 Å². The maximum absolute atomic E-state index is 14.4. The number of β-amino-alcohol motifs (C(OH)–C–C–N with tert-alkyl or cyclic N) is 2. The Kier molecular flexibility index (Phi) is 8.09. The lowest BCUT2D eigenvalue weighted by atomic mass is 9.95. The molecule has 4 aromatic rings. The van der Waals surface area contributed by atoms with Gasteiger partial charge in [0.2, 0.25) is 0 Å². The van der Waals surface area contributed by atoms with Gasteiger partial charge >= 0.3 is 0 Å². The van der Waals surface area contributed by atoms with Gasteiger partial charge in [0, 0.05) is 35.6 Å². The predicted molar refractivity (Wildman–Crippen MR) is 163 cm³/mol. The van der Waals surface area contributed by atoms with Crippen molar-refractivity contribution in [2.45, 2.75) is 49.3 Å². The molecule has 4 N–H and O–H groups in total. The molecule has 0 radical (unpaired) electrons. The molecule has 2 saturated heterocycles. The van der Waals surface area contributed by atoms with Crippen molar-refractivity contribution < 1.29 is 25.2 Å². The van der Waals surface area contributed by atoms with Crippen LogP contribution in [0.2, 0.25) is 0 Å². The molecule has 2 heterocycles. The summed E-state index contributed by atoms with van der Waals surface area (Å²) in [4.78, 5) is 18.2. The maximum Gasteiger partial charge on any atom is 0.197 e. The highest BCUT2D eigenvalue weighted by Crippen LogP contribution is 2.39. The first-order valence-electron chi connectivity index (χ1n) is 14.5. The number of ketones is 1. The summed E-state index contributed by atoms with van der Waals surface area (Å²) in [6.07, 6.45) is -2.22. The van der Waals surface area contributed by atoms with Crippen LogP contribution in [0, 0.1) is 0 Å². The van der Waals surface area contributed by atoms with Gasteiger partial charge in [0.15, 0.2) is 5.78 Å². The van der Waals surface area contributed by atoms with Gasteiger partial charge in [0.1, 0.15) is 0 Å². The van der Waals surface area contributed by atoms with Gasteiger partial charge in [-0.05, 0) is 48.2 Å². The number of nitrogens with zero attached hydrogens (tertiary/aromatic N) is 2. The van der Waals surface area contributed by atoms with E-state index in [1.165, 1.54) is 0 Å². The SMILES string of the molecule is O=C(c1ccccc1N1C[C@H](O)C[C@@H]1[C@@H](O)c1ccccc1)c1ccccc1N1C[C@H](O)C[C@@H]1[C@@H](O)c1ccccc1. The second-order valence-corrected chi connectivity index (χ2v) is 11.3. The molecule has 0 spiro atoms. The summed E-state index contributed by atoms with van der Waals surface area (Å²) in [5.41, 5.74) is 3.73. The maximum atomic E-state index is 14.4. The van der Waals surface area contributed by atoms with E-state index in [9.17, 15) is 25.2 Å². The number of hydrogen-bond acceptors (Lipinski definition) is 7. The van der Waals surface area contributed by atoms with Crippen LogP contribution in [0.25, 0.3) is 0 Å². The summed E-state index contributed by atoms with van der Waals surface area (Å²) in [5, 5.41) is 44.0. The molecule has 2 aliphatic rings. The third-order valence-corrected chi connectivity index (χ3v) is 8.57. The Labute approximate surface area is 245 Å². The number of hydrogen-bond donors (Lipinski definition) is 4. The molecule has 0 aromatic heterocycles. The fraction of sp³-hybridized carbons (Fsp3) is 0.286. The number of anilines is 2. The molecule has 0 saturated carbocycles. The van der Waals surface area contributed by atoms with Crippen molar-refractivity contribution in [3.63, 3.8) is 0 Å². The molecule has 2 aliphatic heterocycles. The zero-order valence-electron chi connectivity index (χ0n) is 23.3. The van der Waals surface area contributed by atoms with Gasteiger partial charge in [-0.1, -0.05) is 84.9 Å². The van der Waals surface area contributed by atoms with Crippen LogP contribution in [-0.2, 0) is 0 Å². The molecule has 42 heavy (non-hydrogen) atoms. The summed E-state index contributed by atoms with van der Waals surface area (Å²) >= 11 is 0. The molecule has 216 valence electrons. The molecule has 6 atom stereocenters. The number of para-hydroxylation sites is 2. The Morgan fingerprint density at radius 3 is 1.33 bits per heavy atom. The summed E-state index contributed by atoms with van der Waals surface area (Å²) < 4.78 is 0. The number of carbonyl (C=O) groups excluding carboxylic acids is 1. The predicted octanol–water partition coefficient (Wildman–Crippen LogP) is 4.26. The molecular formula is C35H36N2O5. The van der Waals surface area contributed by atoms with E-state index < -0.39 is 36.5 Å². The molecule has 7 heteroatoms. The highest BCUT2D eigenvalue weighted by molar-refractivity contribution is 6.15. The zero-order valence-corrected chi connectivity index (χ0v) is 23.3. The normalized spacial score (nSPS) is 23.6. The third kappa shape index (κ3) is 5.44. The Morgan fingerprint density at radius 1 is 0.571 bits per heavy atom. The van der Waals surface area contributed by atoms with Gasteiger partial charge in [-0.15, -0.1) is 0 Å². The molecule has 0 unspecified atom stereocenters. The number of carbonyl (C=O) groups is 1. The van der Waals surface area contributed by atoms with E-state index in [0.717, 1.165) is 11.1 Å². The van der Waals surface area contributed by atoms with Crippen molar-refractivity contribution in [1.82, 2.24) is 0 Å². The lowest BCUT2D eigenvalue weighted by Crippen LogP contribution is -2.36. The van der Waals surface area contributed by atoms with Crippen LogP contribution in [0.5, 0.6) is 0 Å². The molecular weight excluding hydrogens is 528 g/mol. The second kappa shape index (κ2) is 12.1. The highest BCUT2D eigenvalue weighted by Gasteiger charge is 2.40. The first-order chi connectivity index (χ1) is 20.4. The quantitative estimate of drug-likeness (QED) is 0.237. The Balaban J connectivity index is 1.35. The van der Waals surface area contributed by atoms with Crippen molar-refractivity contribution in [3.8, 4) is 0 Å². The van der Waals surface area contributed by atoms with Crippen molar-refractivity contribution >= 4 is 17.2 Å². The van der Waals surface area contributed by atoms with Crippen LogP contribution in [0.1, 0.15) is 52.1 Å². The lowest BCUT2D eigenvalue weighted by Gasteiger charge is -2.33. The largest absolute Gasteiger partial charge is 0.391 e. The third-order valence-electron chi connectivity index (χ3n) is 8.57. The van der Waals surface area contributed by atoms with E-state index in [0.29, 0.717) is 48.4 Å². The molecule has 0 aliphatic carbocycles. The Morgan fingerprint density at radius 2 is 0.929 bits per heavy atom. The summed E-state index contributed by atoms with van der Waals surface area (Å²) in [6, 6.07) is 32.6. The van der Waals surface area contributed by atoms with Gasteiger partial charge in [0.25, 0.3) is 0 Å². The van der Waals surface area contributed by atoms with E-state index in [1.807, 2.05) is 107 Å². The van der Waals surface area contributed by atoms with Crippen molar-refractivity contribution in [2.75, 3.05) is 22.9 Å².